The normalized spacial score (nSPS) is 11.0. The van der Waals surface area contributed by atoms with Crippen LogP contribution >= 0.6 is 34.2 Å². The van der Waals surface area contributed by atoms with Crippen LogP contribution in [-0.4, -0.2) is 13.0 Å². The summed E-state index contributed by atoms with van der Waals surface area (Å²) < 4.78 is 12.3. The highest BCUT2D eigenvalue weighted by atomic mass is 127. The van der Waals surface area contributed by atoms with Crippen LogP contribution in [-0.2, 0) is 11.4 Å². The topological polar surface area (TPSA) is 71.3 Å². The molecule has 0 aliphatic carbocycles. The maximum atomic E-state index is 12.7. The van der Waals surface area contributed by atoms with E-state index in [0.717, 1.165) is 20.3 Å². The van der Waals surface area contributed by atoms with Crippen LogP contribution in [0.3, 0.4) is 0 Å². The van der Waals surface area contributed by atoms with E-state index >= 15 is 0 Å². The number of anilines is 1. The minimum Gasteiger partial charge on any atom is -0.493 e. The van der Waals surface area contributed by atoms with Crippen molar-refractivity contribution in [1.82, 2.24) is 0 Å². The maximum absolute atomic E-state index is 12.7. The zero-order valence-corrected chi connectivity index (χ0v) is 21.3. The summed E-state index contributed by atoms with van der Waals surface area (Å²) in [6.45, 7) is 4.22. The molecule has 0 heterocycles. The van der Waals surface area contributed by atoms with E-state index < -0.39 is 5.91 Å². The highest BCUT2D eigenvalue weighted by Gasteiger charge is 2.15. The molecule has 0 aliphatic heterocycles. The van der Waals surface area contributed by atoms with Crippen molar-refractivity contribution >= 4 is 51.9 Å². The number of nitrogens with one attached hydrogen (secondary N) is 1. The Labute approximate surface area is 212 Å². The molecule has 0 bridgehead atoms. The molecule has 3 rings (SSSR count). The van der Waals surface area contributed by atoms with Crippen LogP contribution in [0.2, 0.25) is 5.02 Å². The van der Waals surface area contributed by atoms with Crippen LogP contribution in [0, 0.1) is 28.7 Å². The summed E-state index contributed by atoms with van der Waals surface area (Å²) in [6.07, 6.45) is 1.53. The van der Waals surface area contributed by atoms with Gasteiger partial charge in [-0.05, 0) is 95.1 Å². The zero-order chi connectivity index (χ0) is 24.0. The SMILES string of the molecule is COc1cc(/C=C(\C#N)C(=O)Nc2cccc(C)c2C)cc(I)c1OCc1cccc(Cl)c1. The Morgan fingerprint density at radius 2 is 1.94 bits per heavy atom. The van der Waals surface area contributed by atoms with Crippen LogP contribution in [0.4, 0.5) is 5.69 Å². The van der Waals surface area contributed by atoms with E-state index in [1.807, 2.05) is 62.4 Å². The zero-order valence-electron chi connectivity index (χ0n) is 18.4. The first-order chi connectivity index (χ1) is 15.8. The van der Waals surface area contributed by atoms with E-state index in [1.165, 1.54) is 6.08 Å². The van der Waals surface area contributed by atoms with Gasteiger partial charge in [0.1, 0.15) is 18.2 Å². The van der Waals surface area contributed by atoms with Crippen molar-refractivity contribution in [2.24, 2.45) is 0 Å². The molecule has 7 heteroatoms. The number of methoxy groups -OCH3 is 1. The fourth-order valence-electron chi connectivity index (χ4n) is 3.14. The standard InChI is InChI=1S/C26H22ClIN2O3/c1-16-6-4-9-23(17(16)2)30-26(31)20(14-29)10-19-12-22(28)25(24(13-19)32-3)33-15-18-7-5-8-21(27)11-18/h4-13H,15H2,1-3H3,(H,30,31)/b20-10+. The molecular weight excluding hydrogens is 551 g/mol. The molecule has 3 aromatic carbocycles. The number of hydrogen-bond acceptors (Lipinski definition) is 4. The quantitative estimate of drug-likeness (QED) is 0.194. The second-order valence-electron chi connectivity index (χ2n) is 7.32. The first kappa shape index (κ1) is 24.6. The number of carbonyl (C=O) groups excluding carboxylic acids is 1. The van der Waals surface area contributed by atoms with Gasteiger partial charge in [-0.3, -0.25) is 4.79 Å². The van der Waals surface area contributed by atoms with E-state index in [4.69, 9.17) is 21.1 Å². The highest BCUT2D eigenvalue weighted by Crippen LogP contribution is 2.35. The lowest BCUT2D eigenvalue weighted by atomic mass is 10.1. The molecule has 0 aromatic heterocycles. The number of hydrogen-bond donors (Lipinski definition) is 1. The van der Waals surface area contributed by atoms with Gasteiger partial charge in [-0.15, -0.1) is 0 Å². The van der Waals surface area contributed by atoms with Gasteiger partial charge in [0, 0.05) is 10.7 Å². The summed E-state index contributed by atoms with van der Waals surface area (Å²) >= 11 is 8.19. The van der Waals surface area contributed by atoms with Crippen molar-refractivity contribution in [2.75, 3.05) is 12.4 Å². The number of amides is 1. The lowest BCUT2D eigenvalue weighted by Gasteiger charge is -2.14. The molecule has 1 amide bonds. The van der Waals surface area contributed by atoms with Gasteiger partial charge >= 0.3 is 0 Å². The Kier molecular flexibility index (Phi) is 8.37. The van der Waals surface area contributed by atoms with Crippen molar-refractivity contribution < 1.29 is 14.3 Å². The summed E-state index contributed by atoms with van der Waals surface area (Å²) in [4.78, 5) is 12.7. The summed E-state index contributed by atoms with van der Waals surface area (Å²) in [7, 11) is 1.55. The molecule has 33 heavy (non-hydrogen) atoms. The van der Waals surface area contributed by atoms with Gasteiger partial charge in [-0.25, -0.2) is 0 Å². The highest BCUT2D eigenvalue weighted by molar-refractivity contribution is 14.1. The second kappa shape index (κ2) is 11.2. The van der Waals surface area contributed by atoms with Gasteiger partial charge in [0.15, 0.2) is 11.5 Å². The van der Waals surface area contributed by atoms with Gasteiger partial charge < -0.3 is 14.8 Å². The molecule has 0 saturated heterocycles. The minimum absolute atomic E-state index is 0.0126. The van der Waals surface area contributed by atoms with E-state index in [-0.39, 0.29) is 5.57 Å². The van der Waals surface area contributed by atoms with E-state index in [0.29, 0.717) is 34.4 Å². The van der Waals surface area contributed by atoms with Crippen LogP contribution in [0.25, 0.3) is 6.08 Å². The van der Waals surface area contributed by atoms with Crippen molar-refractivity contribution in [3.8, 4) is 17.6 Å². The number of rotatable bonds is 7. The van der Waals surface area contributed by atoms with Crippen LogP contribution in [0.5, 0.6) is 11.5 Å². The van der Waals surface area contributed by atoms with Crippen LogP contribution in [0.15, 0.2) is 60.2 Å². The molecule has 0 unspecified atom stereocenters. The summed E-state index contributed by atoms with van der Waals surface area (Å²) in [5, 5.41) is 13.1. The van der Waals surface area contributed by atoms with Crippen molar-refractivity contribution in [2.45, 2.75) is 20.5 Å². The van der Waals surface area contributed by atoms with E-state index in [1.54, 1.807) is 19.2 Å². The van der Waals surface area contributed by atoms with Gasteiger partial charge in [0.2, 0.25) is 0 Å². The third-order valence-corrected chi connectivity index (χ3v) is 6.09. The fourth-order valence-corrected chi connectivity index (χ4v) is 4.13. The monoisotopic (exact) mass is 572 g/mol. The van der Waals surface area contributed by atoms with E-state index in [2.05, 4.69) is 27.9 Å². The molecule has 0 spiro atoms. The number of halogens is 2. The smallest absolute Gasteiger partial charge is 0.266 e. The Morgan fingerprint density at radius 3 is 2.64 bits per heavy atom. The number of ether oxygens (including phenoxy) is 2. The van der Waals surface area contributed by atoms with Crippen LogP contribution < -0.4 is 14.8 Å². The molecule has 0 saturated carbocycles. The predicted molar refractivity (Wildman–Crippen MR) is 140 cm³/mol. The largest absolute Gasteiger partial charge is 0.493 e. The lowest BCUT2D eigenvalue weighted by molar-refractivity contribution is -0.112. The average Bonchev–Trinajstić information content (AvgIpc) is 2.79. The lowest BCUT2D eigenvalue weighted by Crippen LogP contribution is -2.14. The summed E-state index contributed by atoms with van der Waals surface area (Å²) in [5.41, 5.74) is 4.26. The number of benzene rings is 3. The molecular formula is C26H22ClIN2O3. The van der Waals surface area contributed by atoms with Gasteiger partial charge in [-0.2, -0.15) is 5.26 Å². The third kappa shape index (κ3) is 6.28. The van der Waals surface area contributed by atoms with E-state index in [9.17, 15) is 10.1 Å². The van der Waals surface area contributed by atoms with Gasteiger partial charge in [0.25, 0.3) is 5.91 Å². The molecule has 5 nitrogen and oxygen atoms in total. The Bertz CT molecular complexity index is 1260. The Hall–Kier alpha value is -3.02. The minimum atomic E-state index is -0.471. The molecule has 0 radical (unpaired) electrons. The fraction of sp³-hybridized carbons (Fsp3) is 0.154. The first-order valence-electron chi connectivity index (χ1n) is 10.1. The first-order valence-corrected chi connectivity index (χ1v) is 11.5. The summed E-state index contributed by atoms with van der Waals surface area (Å²) in [5.74, 6) is 0.609. The molecule has 0 atom stereocenters. The predicted octanol–water partition coefficient (Wildman–Crippen LogP) is 6.69. The number of aryl methyl sites for hydroxylation is 1. The van der Waals surface area contributed by atoms with Crippen molar-refractivity contribution in [3.63, 3.8) is 0 Å². The van der Waals surface area contributed by atoms with Crippen molar-refractivity contribution in [1.29, 1.82) is 5.26 Å². The molecule has 1 N–H and O–H groups in total. The van der Waals surface area contributed by atoms with Gasteiger partial charge in [-0.1, -0.05) is 35.9 Å². The third-order valence-electron chi connectivity index (χ3n) is 5.05. The number of nitrogens with zero attached hydrogens (tertiary/aromatic N) is 1. The Balaban J connectivity index is 1.84. The molecule has 0 fully saturated rings. The van der Waals surface area contributed by atoms with Crippen molar-refractivity contribution in [3.05, 3.63) is 91.0 Å². The Morgan fingerprint density at radius 1 is 1.18 bits per heavy atom. The van der Waals surface area contributed by atoms with Gasteiger partial charge in [0.05, 0.1) is 10.7 Å². The molecule has 0 aliphatic rings. The number of carbonyl (C=O) groups is 1. The summed E-state index contributed by atoms with van der Waals surface area (Å²) in [6, 6.07) is 18.6. The van der Waals surface area contributed by atoms with Crippen LogP contribution in [0.1, 0.15) is 22.3 Å². The second-order valence-corrected chi connectivity index (χ2v) is 8.92. The molecule has 168 valence electrons. The maximum Gasteiger partial charge on any atom is 0.266 e. The molecule has 3 aromatic rings. The number of nitriles is 1. The average molecular weight is 573 g/mol.